The van der Waals surface area contributed by atoms with Crippen molar-refractivity contribution in [2.45, 2.75) is 0 Å². The second-order valence-corrected chi connectivity index (χ2v) is 3.05. The fourth-order valence-electron chi connectivity index (χ4n) is 1.21. The van der Waals surface area contributed by atoms with Crippen LogP contribution < -0.4 is 0 Å². The van der Waals surface area contributed by atoms with Gasteiger partial charge in [0.25, 0.3) is 0 Å². The molecule has 2 rings (SSSR count). The summed E-state index contributed by atoms with van der Waals surface area (Å²) >= 11 is 5.96. The molecule has 0 unspecified atom stereocenters. The van der Waals surface area contributed by atoms with Crippen LogP contribution in [-0.2, 0) is 7.05 Å². The van der Waals surface area contributed by atoms with E-state index >= 15 is 0 Å². The summed E-state index contributed by atoms with van der Waals surface area (Å²) in [6.45, 7) is 0. The van der Waals surface area contributed by atoms with Crippen LogP contribution in [0.1, 0.15) is 10.4 Å². The molecular formula is C8H6ClN3O. The van der Waals surface area contributed by atoms with Crippen LogP contribution in [-0.4, -0.2) is 21.3 Å². The van der Waals surface area contributed by atoms with E-state index < -0.39 is 0 Å². The number of carbonyl (C=O) groups is 1. The molecule has 0 aliphatic carbocycles. The second kappa shape index (κ2) is 2.81. The molecule has 1 aromatic heterocycles. The maximum Gasteiger partial charge on any atom is 0.151 e. The molecule has 2 aromatic rings. The molecule has 0 spiro atoms. The number of aryl methyl sites for hydroxylation is 1. The van der Waals surface area contributed by atoms with Gasteiger partial charge in [-0.05, 0) is 12.1 Å². The summed E-state index contributed by atoms with van der Waals surface area (Å²) < 4.78 is 1.55. The molecule has 0 bridgehead atoms. The summed E-state index contributed by atoms with van der Waals surface area (Å²) in [7, 11) is 1.73. The SMILES string of the molecule is Cn1nnc2ccc(C=O)c(Cl)c21. The third-order valence-corrected chi connectivity index (χ3v) is 2.26. The smallest absolute Gasteiger partial charge is 0.151 e. The van der Waals surface area contributed by atoms with E-state index in [9.17, 15) is 4.79 Å². The highest BCUT2D eigenvalue weighted by atomic mass is 35.5. The molecule has 0 fully saturated rings. The van der Waals surface area contributed by atoms with E-state index in [1.165, 1.54) is 0 Å². The van der Waals surface area contributed by atoms with Gasteiger partial charge < -0.3 is 0 Å². The molecule has 0 aliphatic heterocycles. The van der Waals surface area contributed by atoms with Gasteiger partial charge in [0, 0.05) is 12.6 Å². The van der Waals surface area contributed by atoms with Gasteiger partial charge in [-0.25, -0.2) is 4.68 Å². The Morgan fingerprint density at radius 1 is 1.54 bits per heavy atom. The number of benzene rings is 1. The minimum Gasteiger partial charge on any atom is -0.298 e. The van der Waals surface area contributed by atoms with E-state index in [0.717, 1.165) is 6.29 Å². The van der Waals surface area contributed by atoms with Gasteiger partial charge in [-0.15, -0.1) is 5.10 Å². The summed E-state index contributed by atoms with van der Waals surface area (Å²) in [6.07, 6.45) is 0.717. The minimum atomic E-state index is 0.403. The van der Waals surface area contributed by atoms with Crippen LogP contribution in [0.4, 0.5) is 0 Å². The van der Waals surface area contributed by atoms with Crippen LogP contribution in [0.25, 0.3) is 11.0 Å². The largest absolute Gasteiger partial charge is 0.298 e. The molecule has 0 radical (unpaired) electrons. The number of hydrogen-bond donors (Lipinski definition) is 0. The highest BCUT2D eigenvalue weighted by Gasteiger charge is 2.09. The Labute approximate surface area is 79.1 Å². The molecule has 0 aliphatic rings. The lowest BCUT2D eigenvalue weighted by Gasteiger charge is -1.97. The summed E-state index contributed by atoms with van der Waals surface area (Å²) in [4.78, 5) is 10.6. The fraction of sp³-hybridized carbons (Fsp3) is 0.125. The number of carbonyl (C=O) groups excluding carboxylic acids is 1. The Hall–Kier alpha value is -1.42. The zero-order chi connectivity index (χ0) is 9.42. The minimum absolute atomic E-state index is 0.403. The van der Waals surface area contributed by atoms with Crippen LogP contribution in [0.3, 0.4) is 0 Å². The van der Waals surface area contributed by atoms with Crippen molar-refractivity contribution in [2.24, 2.45) is 7.05 Å². The third-order valence-electron chi connectivity index (χ3n) is 1.86. The van der Waals surface area contributed by atoms with Gasteiger partial charge in [0.05, 0.1) is 5.02 Å². The second-order valence-electron chi connectivity index (χ2n) is 2.67. The number of halogens is 1. The number of rotatable bonds is 1. The maximum absolute atomic E-state index is 10.6. The first-order valence-corrected chi connectivity index (χ1v) is 4.05. The predicted molar refractivity (Wildman–Crippen MR) is 48.9 cm³/mol. The van der Waals surface area contributed by atoms with E-state index in [-0.39, 0.29) is 0 Å². The van der Waals surface area contributed by atoms with Crippen LogP contribution in [0.2, 0.25) is 5.02 Å². The molecule has 1 aromatic carbocycles. The number of aromatic nitrogens is 3. The molecule has 0 saturated heterocycles. The van der Waals surface area contributed by atoms with Gasteiger partial charge in [0.15, 0.2) is 6.29 Å². The lowest BCUT2D eigenvalue weighted by atomic mass is 10.2. The molecule has 0 saturated carbocycles. The normalized spacial score (nSPS) is 10.6. The molecule has 0 amide bonds. The van der Waals surface area contributed by atoms with E-state index in [1.807, 2.05) is 0 Å². The lowest BCUT2D eigenvalue weighted by molar-refractivity contribution is 0.112. The van der Waals surface area contributed by atoms with Crippen LogP contribution in [0, 0.1) is 0 Å². The van der Waals surface area contributed by atoms with Crippen molar-refractivity contribution in [3.05, 3.63) is 22.7 Å². The van der Waals surface area contributed by atoms with Crippen molar-refractivity contribution < 1.29 is 4.79 Å². The van der Waals surface area contributed by atoms with Gasteiger partial charge in [0.2, 0.25) is 0 Å². The Morgan fingerprint density at radius 3 is 3.00 bits per heavy atom. The lowest BCUT2D eigenvalue weighted by Crippen LogP contribution is -1.92. The summed E-state index contributed by atoms with van der Waals surface area (Å²) in [5.41, 5.74) is 1.84. The van der Waals surface area contributed by atoms with Crippen molar-refractivity contribution in [3.8, 4) is 0 Å². The molecule has 4 nitrogen and oxygen atoms in total. The average molecular weight is 196 g/mol. The van der Waals surface area contributed by atoms with Crippen LogP contribution in [0.5, 0.6) is 0 Å². The Balaban J connectivity index is 2.91. The number of hydrogen-bond acceptors (Lipinski definition) is 3. The van der Waals surface area contributed by atoms with Gasteiger partial charge in [-0.1, -0.05) is 16.8 Å². The third kappa shape index (κ3) is 1.10. The Morgan fingerprint density at radius 2 is 2.31 bits per heavy atom. The van der Waals surface area contributed by atoms with E-state index in [1.54, 1.807) is 23.9 Å². The quantitative estimate of drug-likeness (QED) is 0.647. The highest BCUT2D eigenvalue weighted by Crippen LogP contribution is 2.23. The summed E-state index contributed by atoms with van der Waals surface area (Å²) in [5, 5.41) is 8.07. The van der Waals surface area contributed by atoms with E-state index in [0.29, 0.717) is 21.6 Å². The molecule has 1 heterocycles. The first kappa shape index (κ1) is 8.19. The van der Waals surface area contributed by atoms with Crippen molar-refractivity contribution in [2.75, 3.05) is 0 Å². The van der Waals surface area contributed by atoms with Crippen molar-refractivity contribution in [3.63, 3.8) is 0 Å². The van der Waals surface area contributed by atoms with Gasteiger partial charge in [0.1, 0.15) is 11.0 Å². The van der Waals surface area contributed by atoms with Crippen LogP contribution in [0.15, 0.2) is 12.1 Å². The predicted octanol–water partition coefficient (Wildman–Crippen LogP) is 1.43. The molecule has 66 valence electrons. The topological polar surface area (TPSA) is 47.8 Å². The summed E-state index contributed by atoms with van der Waals surface area (Å²) in [6, 6.07) is 3.35. The summed E-state index contributed by atoms with van der Waals surface area (Å²) in [5.74, 6) is 0. The molecule has 0 atom stereocenters. The van der Waals surface area contributed by atoms with E-state index in [4.69, 9.17) is 11.6 Å². The highest BCUT2D eigenvalue weighted by molar-refractivity contribution is 6.37. The van der Waals surface area contributed by atoms with Crippen LogP contribution >= 0.6 is 11.6 Å². The van der Waals surface area contributed by atoms with E-state index in [2.05, 4.69) is 10.3 Å². The monoisotopic (exact) mass is 195 g/mol. The van der Waals surface area contributed by atoms with Gasteiger partial charge >= 0.3 is 0 Å². The van der Waals surface area contributed by atoms with Crippen molar-refractivity contribution in [1.29, 1.82) is 0 Å². The molecule has 0 N–H and O–H groups in total. The molecule has 5 heteroatoms. The molecule has 13 heavy (non-hydrogen) atoms. The van der Waals surface area contributed by atoms with Gasteiger partial charge in [-0.3, -0.25) is 4.79 Å². The Kier molecular flexibility index (Phi) is 1.77. The first-order chi connectivity index (χ1) is 6.24. The fourth-order valence-corrected chi connectivity index (χ4v) is 1.54. The van der Waals surface area contributed by atoms with Crippen molar-refractivity contribution >= 4 is 28.9 Å². The zero-order valence-corrected chi connectivity index (χ0v) is 7.62. The zero-order valence-electron chi connectivity index (χ0n) is 6.86. The van der Waals surface area contributed by atoms with Gasteiger partial charge in [-0.2, -0.15) is 0 Å². The van der Waals surface area contributed by atoms with Crippen molar-refractivity contribution in [1.82, 2.24) is 15.0 Å². The average Bonchev–Trinajstić information content (AvgIpc) is 2.49. The molecular weight excluding hydrogens is 190 g/mol. The maximum atomic E-state index is 10.6. The number of aldehydes is 1. The number of nitrogens with zero attached hydrogens (tertiary/aromatic N) is 3. The number of fused-ring (bicyclic) bond motifs is 1. The standard InChI is InChI=1S/C8H6ClN3O/c1-12-8-6(10-11-12)3-2-5(4-13)7(8)9/h2-4H,1H3. The first-order valence-electron chi connectivity index (χ1n) is 3.67. The Bertz CT molecular complexity index is 477.